The fraction of sp³-hybridized carbons (Fsp3) is 0.667. The highest BCUT2D eigenvalue weighted by atomic mass is 32.1. The van der Waals surface area contributed by atoms with Gasteiger partial charge in [-0.15, -0.1) is 11.3 Å². The first-order chi connectivity index (χ1) is 8.63. The van der Waals surface area contributed by atoms with Crippen molar-refractivity contribution in [1.29, 1.82) is 0 Å². The van der Waals surface area contributed by atoms with E-state index in [1.165, 1.54) is 23.3 Å². The summed E-state index contributed by atoms with van der Waals surface area (Å²) >= 11 is 1.73. The molecule has 3 atom stereocenters. The van der Waals surface area contributed by atoms with Crippen molar-refractivity contribution >= 4 is 17.3 Å². The van der Waals surface area contributed by atoms with Crippen LogP contribution < -0.4 is 0 Å². The van der Waals surface area contributed by atoms with Crippen LogP contribution in [0, 0.1) is 18.8 Å². The predicted molar refractivity (Wildman–Crippen MR) is 75.2 cm³/mol. The Morgan fingerprint density at radius 3 is 2.83 bits per heavy atom. The zero-order valence-electron chi connectivity index (χ0n) is 11.2. The van der Waals surface area contributed by atoms with Gasteiger partial charge < -0.3 is 5.11 Å². The Kier molecular flexibility index (Phi) is 4.44. The Bertz CT molecular complexity index is 410. The van der Waals surface area contributed by atoms with Gasteiger partial charge in [0.25, 0.3) is 0 Å². The summed E-state index contributed by atoms with van der Waals surface area (Å²) in [6, 6.07) is 2.13. The van der Waals surface area contributed by atoms with Gasteiger partial charge in [-0.25, -0.2) is 0 Å². The van der Waals surface area contributed by atoms with Gasteiger partial charge in [0.15, 0.2) is 0 Å². The zero-order chi connectivity index (χ0) is 13.1. The summed E-state index contributed by atoms with van der Waals surface area (Å²) in [5.41, 5.74) is 1.29. The summed E-state index contributed by atoms with van der Waals surface area (Å²) in [5.74, 6) is 0.168. The zero-order valence-corrected chi connectivity index (χ0v) is 12.0. The number of aliphatic carboxylic acids is 1. The van der Waals surface area contributed by atoms with Gasteiger partial charge in [-0.05, 0) is 55.0 Å². The fourth-order valence-electron chi connectivity index (χ4n) is 3.35. The van der Waals surface area contributed by atoms with Crippen LogP contribution in [0.1, 0.15) is 55.4 Å². The van der Waals surface area contributed by atoms with E-state index in [1.807, 2.05) is 0 Å². The molecule has 0 aromatic carbocycles. The lowest BCUT2D eigenvalue weighted by Crippen LogP contribution is -2.29. The second-order valence-electron chi connectivity index (χ2n) is 5.45. The molecule has 18 heavy (non-hydrogen) atoms. The molecule has 3 unspecified atom stereocenters. The molecule has 1 aromatic rings. The number of hydrogen-bond donors (Lipinski definition) is 1. The number of carbonyl (C=O) groups is 1. The van der Waals surface area contributed by atoms with Crippen LogP contribution >= 0.6 is 11.3 Å². The molecule has 1 aliphatic rings. The van der Waals surface area contributed by atoms with Gasteiger partial charge in [0, 0.05) is 4.88 Å². The van der Waals surface area contributed by atoms with Crippen molar-refractivity contribution in [3.05, 3.63) is 21.9 Å². The van der Waals surface area contributed by atoms with Gasteiger partial charge >= 0.3 is 5.97 Å². The monoisotopic (exact) mass is 266 g/mol. The lowest BCUT2D eigenvalue weighted by atomic mass is 9.70. The minimum atomic E-state index is -0.611. The number of rotatable bonds is 4. The Hall–Kier alpha value is -0.830. The maximum absolute atomic E-state index is 11.4. The maximum atomic E-state index is 11.4. The molecule has 0 aliphatic heterocycles. The highest BCUT2D eigenvalue weighted by Gasteiger charge is 2.36. The maximum Gasteiger partial charge on any atom is 0.307 e. The van der Waals surface area contributed by atoms with E-state index in [9.17, 15) is 9.90 Å². The highest BCUT2D eigenvalue weighted by molar-refractivity contribution is 7.10. The third kappa shape index (κ3) is 2.77. The van der Waals surface area contributed by atoms with Gasteiger partial charge in [0.1, 0.15) is 0 Å². The number of aryl methyl sites for hydroxylation is 1. The lowest BCUT2D eigenvalue weighted by molar-refractivity contribution is -0.143. The Balaban J connectivity index is 2.20. The number of hydrogen-bond acceptors (Lipinski definition) is 2. The van der Waals surface area contributed by atoms with Gasteiger partial charge in [0.2, 0.25) is 0 Å². The van der Waals surface area contributed by atoms with Crippen molar-refractivity contribution in [2.45, 2.75) is 51.9 Å². The van der Waals surface area contributed by atoms with E-state index in [-0.39, 0.29) is 11.8 Å². The Labute approximate surface area is 113 Å². The SMILES string of the molecule is CCCC1CCC(C(=O)O)C(c2ccsc2C)C1. The summed E-state index contributed by atoms with van der Waals surface area (Å²) in [6.45, 7) is 4.33. The van der Waals surface area contributed by atoms with E-state index in [1.54, 1.807) is 11.3 Å². The third-order valence-electron chi connectivity index (χ3n) is 4.27. The molecule has 0 spiro atoms. The molecule has 0 radical (unpaired) electrons. The van der Waals surface area contributed by atoms with Crippen molar-refractivity contribution in [3.8, 4) is 0 Å². The molecular formula is C15H22O2S. The van der Waals surface area contributed by atoms with Crippen molar-refractivity contribution in [3.63, 3.8) is 0 Å². The van der Waals surface area contributed by atoms with Crippen LogP contribution in [-0.2, 0) is 4.79 Å². The number of carboxylic acids is 1. The molecule has 1 fully saturated rings. The van der Waals surface area contributed by atoms with Crippen molar-refractivity contribution < 1.29 is 9.90 Å². The number of carboxylic acid groups (broad SMARTS) is 1. The van der Waals surface area contributed by atoms with Gasteiger partial charge in [0.05, 0.1) is 5.92 Å². The van der Waals surface area contributed by atoms with E-state index in [0.29, 0.717) is 0 Å². The molecule has 1 N–H and O–H groups in total. The molecule has 3 heteroatoms. The van der Waals surface area contributed by atoms with Crippen molar-refractivity contribution in [1.82, 2.24) is 0 Å². The van der Waals surface area contributed by atoms with Crippen LogP contribution in [0.3, 0.4) is 0 Å². The van der Waals surface area contributed by atoms with Crippen LogP contribution in [0.25, 0.3) is 0 Å². The normalized spacial score (nSPS) is 28.2. The van der Waals surface area contributed by atoms with E-state index < -0.39 is 5.97 Å². The standard InChI is InChI=1S/C15H22O2S/c1-3-4-11-5-6-13(15(16)17)14(9-11)12-7-8-18-10(12)2/h7-8,11,13-14H,3-6,9H2,1-2H3,(H,16,17). The molecule has 0 bridgehead atoms. The Morgan fingerprint density at radius 1 is 1.50 bits per heavy atom. The molecular weight excluding hydrogens is 244 g/mol. The molecule has 2 rings (SSSR count). The third-order valence-corrected chi connectivity index (χ3v) is 5.13. The quantitative estimate of drug-likeness (QED) is 0.874. The van der Waals surface area contributed by atoms with Crippen LogP contribution in [0.15, 0.2) is 11.4 Å². The van der Waals surface area contributed by atoms with Crippen LogP contribution in [-0.4, -0.2) is 11.1 Å². The highest BCUT2D eigenvalue weighted by Crippen LogP contribution is 2.44. The largest absolute Gasteiger partial charge is 0.481 e. The van der Waals surface area contributed by atoms with Crippen LogP contribution in [0.5, 0.6) is 0 Å². The summed E-state index contributed by atoms with van der Waals surface area (Å²) in [5, 5.41) is 11.5. The molecule has 2 nitrogen and oxygen atoms in total. The molecule has 1 aliphatic carbocycles. The number of thiophene rings is 1. The second kappa shape index (κ2) is 5.87. The summed E-state index contributed by atoms with van der Waals surface area (Å²) in [6.07, 6.45) is 5.44. The fourth-order valence-corrected chi connectivity index (χ4v) is 4.12. The first kappa shape index (κ1) is 13.6. The van der Waals surface area contributed by atoms with E-state index in [0.717, 1.165) is 25.2 Å². The summed E-state index contributed by atoms with van der Waals surface area (Å²) in [4.78, 5) is 12.7. The molecule has 0 saturated heterocycles. The van der Waals surface area contributed by atoms with Crippen molar-refractivity contribution in [2.75, 3.05) is 0 Å². The summed E-state index contributed by atoms with van der Waals surface area (Å²) in [7, 11) is 0. The van der Waals surface area contributed by atoms with Gasteiger partial charge in [-0.2, -0.15) is 0 Å². The van der Waals surface area contributed by atoms with E-state index in [2.05, 4.69) is 25.3 Å². The topological polar surface area (TPSA) is 37.3 Å². The minimum Gasteiger partial charge on any atom is -0.481 e. The summed E-state index contributed by atoms with van der Waals surface area (Å²) < 4.78 is 0. The molecule has 100 valence electrons. The van der Waals surface area contributed by atoms with Gasteiger partial charge in [-0.1, -0.05) is 19.8 Å². The smallest absolute Gasteiger partial charge is 0.307 e. The Morgan fingerprint density at radius 2 is 2.28 bits per heavy atom. The first-order valence-electron chi connectivity index (χ1n) is 6.90. The molecule has 1 heterocycles. The van der Waals surface area contributed by atoms with Crippen LogP contribution in [0.4, 0.5) is 0 Å². The van der Waals surface area contributed by atoms with Crippen molar-refractivity contribution in [2.24, 2.45) is 11.8 Å². The average Bonchev–Trinajstić information content (AvgIpc) is 2.75. The lowest BCUT2D eigenvalue weighted by Gasteiger charge is -2.34. The van der Waals surface area contributed by atoms with E-state index >= 15 is 0 Å². The second-order valence-corrected chi connectivity index (χ2v) is 6.57. The predicted octanol–water partition coefficient (Wildman–Crippen LogP) is 4.44. The molecule has 1 aromatic heterocycles. The average molecular weight is 266 g/mol. The van der Waals surface area contributed by atoms with Crippen LogP contribution in [0.2, 0.25) is 0 Å². The van der Waals surface area contributed by atoms with E-state index in [4.69, 9.17) is 0 Å². The minimum absolute atomic E-state index is 0.175. The first-order valence-corrected chi connectivity index (χ1v) is 7.78. The molecule has 0 amide bonds. The molecule has 1 saturated carbocycles. The van der Waals surface area contributed by atoms with Gasteiger partial charge in [-0.3, -0.25) is 4.79 Å².